The van der Waals surface area contributed by atoms with Crippen molar-refractivity contribution in [2.24, 2.45) is 10.9 Å². The van der Waals surface area contributed by atoms with Gasteiger partial charge in [0.05, 0.1) is 22.4 Å². The predicted octanol–water partition coefficient (Wildman–Crippen LogP) is 10.1. The van der Waals surface area contributed by atoms with Gasteiger partial charge in [0.1, 0.15) is 6.61 Å². The quantitative estimate of drug-likeness (QED) is 0.119. The third-order valence-corrected chi connectivity index (χ3v) is 9.16. The molecule has 0 fully saturated rings. The lowest BCUT2D eigenvalue weighted by atomic mass is 9.76. The van der Waals surface area contributed by atoms with Crippen LogP contribution in [-0.2, 0) is 6.61 Å². The number of fused-ring (bicyclic) bond motifs is 3. The van der Waals surface area contributed by atoms with E-state index in [4.69, 9.17) is 37.7 Å². The molecule has 4 aromatic carbocycles. The van der Waals surface area contributed by atoms with Crippen molar-refractivity contribution in [2.45, 2.75) is 31.9 Å². The fourth-order valence-corrected chi connectivity index (χ4v) is 6.95. The van der Waals surface area contributed by atoms with Crippen LogP contribution in [0.3, 0.4) is 0 Å². The molecule has 0 amide bonds. The Labute approximate surface area is 264 Å². The standard InChI is InChI=1S/C34H29Cl2IN2O2/c1-20-6-13-31-28(14-20)26-4-3-5-27(26)33(39-31)22-8-11-25(12-9-22)38-18-21-15-30(37)34(32(16-21)40-2)41-19-23-7-10-24(35)17-29(23)36/h3-4,6-18,26-27,33,39H,5,19H2,1-2H3/t26-,27+,33-/m0/s1. The van der Waals surface area contributed by atoms with Gasteiger partial charge in [0, 0.05) is 33.4 Å². The highest BCUT2D eigenvalue weighted by Gasteiger charge is 2.37. The normalized spacial score (nSPS) is 19.1. The van der Waals surface area contributed by atoms with E-state index < -0.39 is 0 Å². The minimum absolute atomic E-state index is 0.268. The molecule has 0 aromatic heterocycles. The van der Waals surface area contributed by atoms with Crippen molar-refractivity contribution in [1.29, 1.82) is 0 Å². The molecule has 0 unspecified atom stereocenters. The number of nitrogens with zero attached hydrogens (tertiary/aromatic N) is 1. The van der Waals surface area contributed by atoms with Gasteiger partial charge in [0.15, 0.2) is 11.5 Å². The second-order valence-electron chi connectivity index (χ2n) is 10.5. The fourth-order valence-electron chi connectivity index (χ4n) is 5.70. The van der Waals surface area contributed by atoms with Crippen LogP contribution < -0.4 is 14.8 Å². The minimum Gasteiger partial charge on any atom is -0.493 e. The molecular weight excluding hydrogens is 666 g/mol. The van der Waals surface area contributed by atoms with Crippen molar-refractivity contribution in [3.63, 3.8) is 0 Å². The fraction of sp³-hybridized carbons (Fsp3) is 0.206. The maximum absolute atomic E-state index is 6.32. The van der Waals surface area contributed by atoms with E-state index in [1.54, 1.807) is 19.2 Å². The number of hydrogen-bond donors (Lipinski definition) is 1. The number of nitrogens with one attached hydrogen (secondary N) is 1. The number of ether oxygens (including phenoxy) is 2. The Balaban J connectivity index is 1.17. The molecule has 4 nitrogen and oxygen atoms in total. The molecule has 6 rings (SSSR count). The molecule has 208 valence electrons. The van der Waals surface area contributed by atoms with Gasteiger partial charge in [-0.15, -0.1) is 0 Å². The number of rotatable bonds is 7. The van der Waals surface area contributed by atoms with Crippen molar-refractivity contribution in [1.82, 2.24) is 0 Å². The average molecular weight is 695 g/mol. The van der Waals surface area contributed by atoms with Crippen LogP contribution in [0.5, 0.6) is 11.5 Å². The number of aryl methyl sites for hydroxylation is 1. The Hall–Kier alpha value is -3.00. The number of methoxy groups -OCH3 is 1. The van der Waals surface area contributed by atoms with Gasteiger partial charge < -0.3 is 14.8 Å². The molecule has 4 aromatic rings. The Kier molecular flexibility index (Phi) is 8.29. The maximum Gasteiger partial charge on any atom is 0.174 e. The summed E-state index contributed by atoms with van der Waals surface area (Å²) in [6, 6.07) is 24.9. The molecule has 0 radical (unpaired) electrons. The number of anilines is 1. The van der Waals surface area contributed by atoms with Crippen LogP contribution in [0.2, 0.25) is 10.0 Å². The van der Waals surface area contributed by atoms with Crippen molar-refractivity contribution in [3.8, 4) is 11.5 Å². The monoisotopic (exact) mass is 694 g/mol. The van der Waals surface area contributed by atoms with E-state index in [1.165, 1.54) is 22.4 Å². The zero-order valence-corrected chi connectivity index (χ0v) is 26.4. The Morgan fingerprint density at radius 2 is 1.85 bits per heavy atom. The summed E-state index contributed by atoms with van der Waals surface area (Å²) in [5, 5.41) is 4.98. The number of aliphatic imine (C=N–C) groups is 1. The summed E-state index contributed by atoms with van der Waals surface area (Å²) >= 11 is 14.6. The number of hydrogen-bond acceptors (Lipinski definition) is 4. The van der Waals surface area contributed by atoms with Gasteiger partial charge in [-0.2, -0.15) is 0 Å². The van der Waals surface area contributed by atoms with E-state index in [0.717, 1.165) is 26.8 Å². The van der Waals surface area contributed by atoms with Gasteiger partial charge in [-0.3, -0.25) is 4.99 Å². The van der Waals surface area contributed by atoms with Gasteiger partial charge in [0.25, 0.3) is 0 Å². The summed E-state index contributed by atoms with van der Waals surface area (Å²) in [5.41, 5.74) is 7.92. The average Bonchev–Trinajstić information content (AvgIpc) is 3.47. The van der Waals surface area contributed by atoms with E-state index in [2.05, 4.69) is 89.4 Å². The molecule has 41 heavy (non-hydrogen) atoms. The summed E-state index contributed by atoms with van der Waals surface area (Å²) < 4.78 is 12.7. The predicted molar refractivity (Wildman–Crippen MR) is 178 cm³/mol. The maximum atomic E-state index is 6.32. The van der Waals surface area contributed by atoms with Gasteiger partial charge in [-0.25, -0.2) is 0 Å². The first-order valence-corrected chi connectivity index (χ1v) is 15.3. The van der Waals surface area contributed by atoms with E-state index in [0.29, 0.717) is 40.0 Å². The molecule has 1 N–H and O–H groups in total. The van der Waals surface area contributed by atoms with Crippen molar-refractivity contribution < 1.29 is 9.47 Å². The number of halogens is 3. The molecule has 1 aliphatic heterocycles. The third kappa shape index (κ3) is 5.99. The smallest absolute Gasteiger partial charge is 0.174 e. The summed E-state index contributed by atoms with van der Waals surface area (Å²) in [7, 11) is 1.64. The molecule has 0 bridgehead atoms. The van der Waals surface area contributed by atoms with E-state index in [1.807, 2.05) is 24.4 Å². The zero-order valence-electron chi connectivity index (χ0n) is 22.7. The van der Waals surface area contributed by atoms with Crippen LogP contribution in [0.15, 0.2) is 89.9 Å². The Morgan fingerprint density at radius 3 is 2.63 bits per heavy atom. The molecule has 7 heteroatoms. The molecular formula is C34H29Cl2IN2O2. The highest BCUT2D eigenvalue weighted by Crippen LogP contribution is 2.50. The molecule has 1 aliphatic carbocycles. The SMILES string of the molecule is COc1cc(C=Nc2ccc([C@@H]3Nc4ccc(C)cc4[C@H]4C=CC[C@H]43)cc2)cc(I)c1OCc1ccc(Cl)cc1Cl. The molecule has 3 atom stereocenters. The Bertz CT molecular complexity index is 1650. The molecule has 0 spiro atoms. The topological polar surface area (TPSA) is 42.8 Å². The highest BCUT2D eigenvalue weighted by atomic mass is 127. The lowest BCUT2D eigenvalue weighted by Crippen LogP contribution is -2.29. The van der Waals surface area contributed by atoms with Gasteiger partial charge in [0.2, 0.25) is 0 Å². The Morgan fingerprint density at radius 1 is 1.02 bits per heavy atom. The summed E-state index contributed by atoms with van der Waals surface area (Å²) in [6.45, 7) is 2.47. The van der Waals surface area contributed by atoms with Crippen molar-refractivity contribution in [2.75, 3.05) is 12.4 Å². The van der Waals surface area contributed by atoms with Gasteiger partial charge in [-0.05, 0) is 101 Å². The van der Waals surface area contributed by atoms with Crippen LogP contribution in [0.25, 0.3) is 0 Å². The van der Waals surface area contributed by atoms with Gasteiger partial charge >= 0.3 is 0 Å². The molecule has 0 saturated heterocycles. The summed E-state index contributed by atoms with van der Waals surface area (Å²) in [6.07, 6.45) is 7.66. The molecule has 2 aliphatic rings. The lowest BCUT2D eigenvalue weighted by Gasteiger charge is -2.37. The highest BCUT2D eigenvalue weighted by molar-refractivity contribution is 14.1. The third-order valence-electron chi connectivity index (χ3n) is 7.77. The first-order valence-electron chi connectivity index (χ1n) is 13.5. The zero-order chi connectivity index (χ0) is 28.5. The lowest BCUT2D eigenvalue weighted by molar-refractivity contribution is 0.282. The summed E-state index contributed by atoms with van der Waals surface area (Å²) in [5.74, 6) is 2.28. The van der Waals surface area contributed by atoms with E-state index in [-0.39, 0.29) is 6.04 Å². The summed E-state index contributed by atoms with van der Waals surface area (Å²) in [4.78, 5) is 4.75. The molecule has 1 heterocycles. The van der Waals surface area contributed by atoms with E-state index in [9.17, 15) is 0 Å². The van der Waals surface area contributed by atoms with Crippen LogP contribution >= 0.6 is 45.8 Å². The molecule has 0 saturated carbocycles. The largest absolute Gasteiger partial charge is 0.493 e. The van der Waals surface area contributed by atoms with E-state index >= 15 is 0 Å². The minimum atomic E-state index is 0.268. The van der Waals surface area contributed by atoms with Crippen molar-refractivity contribution >= 4 is 63.4 Å². The first-order chi connectivity index (χ1) is 19.9. The van der Waals surface area contributed by atoms with Crippen LogP contribution in [-0.4, -0.2) is 13.3 Å². The van der Waals surface area contributed by atoms with Crippen LogP contribution in [0, 0.1) is 16.4 Å². The number of allylic oxidation sites excluding steroid dienone is 2. The van der Waals surface area contributed by atoms with Crippen LogP contribution in [0.4, 0.5) is 11.4 Å². The van der Waals surface area contributed by atoms with Crippen LogP contribution in [0.1, 0.15) is 46.2 Å². The van der Waals surface area contributed by atoms with Gasteiger partial charge in [-0.1, -0.05) is 71.2 Å². The first kappa shape index (κ1) is 28.1. The second-order valence-corrected chi connectivity index (χ2v) is 12.5. The second kappa shape index (κ2) is 12.1. The number of benzene rings is 4. The van der Waals surface area contributed by atoms with Crippen molar-refractivity contribution in [3.05, 3.63) is 126 Å².